The monoisotopic (exact) mass is 970 g/mol. The summed E-state index contributed by atoms with van der Waals surface area (Å²) in [4.78, 5) is 2.29. The molecule has 1 aliphatic rings. The third-order valence-corrected chi connectivity index (χ3v) is 15.7. The fraction of sp³-hybridized carbons (Fsp3) is 0.0676. The Balaban J connectivity index is 0.907. The summed E-state index contributed by atoms with van der Waals surface area (Å²) < 4.78 is 0. The number of para-hydroxylation sites is 1. The number of nitrogens with zero attached hydrogens (tertiary/aromatic N) is 2. The van der Waals surface area contributed by atoms with Crippen molar-refractivity contribution >= 4 is 61.5 Å². The van der Waals surface area contributed by atoms with Crippen LogP contribution in [0, 0.1) is 11.3 Å². The second kappa shape index (κ2) is 18.7. The van der Waals surface area contributed by atoms with Crippen LogP contribution in [0.5, 0.6) is 0 Å². The highest BCUT2D eigenvalue weighted by Crippen LogP contribution is 2.58. The summed E-state index contributed by atoms with van der Waals surface area (Å²) in [6.07, 6.45) is 4.51. The maximum absolute atomic E-state index is 9.69. The predicted molar refractivity (Wildman–Crippen MR) is 321 cm³/mol. The van der Waals surface area contributed by atoms with Crippen molar-refractivity contribution in [3.8, 4) is 39.4 Å². The summed E-state index contributed by atoms with van der Waals surface area (Å²) in [7, 11) is 0. The minimum atomic E-state index is -0.619. The molecule has 0 aromatic heterocycles. The van der Waals surface area contributed by atoms with Gasteiger partial charge in [0.05, 0.1) is 17.0 Å². The maximum Gasteiger partial charge on any atom is 0.0991 e. The van der Waals surface area contributed by atoms with Crippen LogP contribution < -0.4 is 4.90 Å². The van der Waals surface area contributed by atoms with Gasteiger partial charge in [-0.3, -0.25) is 0 Å². The molecular formula is C74H54N2. The van der Waals surface area contributed by atoms with E-state index in [2.05, 4.69) is 280 Å². The second-order valence-electron chi connectivity index (χ2n) is 21.1. The highest BCUT2D eigenvalue weighted by atomic mass is 15.1. The minimum Gasteiger partial charge on any atom is -0.310 e. The molecule has 0 N–H and O–H groups in total. The highest BCUT2D eigenvalue weighted by molar-refractivity contribution is 6.23. The maximum atomic E-state index is 9.69. The van der Waals surface area contributed by atoms with E-state index < -0.39 is 5.41 Å². The summed E-state index contributed by atoms with van der Waals surface area (Å²) in [6.45, 7) is 6.92. The van der Waals surface area contributed by atoms with Gasteiger partial charge in [0.25, 0.3) is 0 Å². The van der Waals surface area contributed by atoms with Crippen LogP contribution in [-0.4, -0.2) is 0 Å². The van der Waals surface area contributed by atoms with E-state index in [0.717, 1.165) is 28.2 Å². The smallest absolute Gasteiger partial charge is 0.0991 e. The summed E-state index contributed by atoms with van der Waals surface area (Å²) in [5.74, 6) is 0. The number of fused-ring (bicyclic) bond motifs is 6. The Morgan fingerprint density at radius 2 is 0.829 bits per heavy atom. The molecule has 76 heavy (non-hydrogen) atoms. The SMILES string of the molecule is CC(C)(C)c1ccc(-c2c3ccccc3c(-c3ccc(/C=C/c4ccc5c(c4)C(c4ccccc4)(c4ccccc4)c4cc(N(c6ccccc6)c6ccc(C#N)cc6)ccc4-5)cc3)c3ccccc23)c2ccccc12. The molecule has 0 fully saturated rings. The number of benzene rings is 12. The first kappa shape index (κ1) is 46.3. The average Bonchev–Trinajstić information content (AvgIpc) is 3.90. The Hall–Kier alpha value is -9.55. The van der Waals surface area contributed by atoms with Crippen LogP contribution in [0.4, 0.5) is 17.1 Å². The van der Waals surface area contributed by atoms with Crippen LogP contribution in [0.1, 0.15) is 65.3 Å². The first-order valence-electron chi connectivity index (χ1n) is 26.3. The molecule has 0 unspecified atom stereocenters. The Bertz CT molecular complexity index is 4140. The molecule has 0 heterocycles. The number of rotatable bonds is 9. The first-order valence-corrected chi connectivity index (χ1v) is 26.3. The van der Waals surface area contributed by atoms with Crippen LogP contribution in [0.25, 0.3) is 77.9 Å². The van der Waals surface area contributed by atoms with Gasteiger partial charge in [-0.25, -0.2) is 0 Å². The summed E-state index contributed by atoms with van der Waals surface area (Å²) in [5, 5.41) is 17.3. The van der Waals surface area contributed by atoms with E-state index in [4.69, 9.17) is 0 Å². The van der Waals surface area contributed by atoms with Crippen molar-refractivity contribution in [1.29, 1.82) is 5.26 Å². The summed E-state index contributed by atoms with van der Waals surface area (Å²) in [6, 6.07) is 97.3. The van der Waals surface area contributed by atoms with Gasteiger partial charge >= 0.3 is 0 Å². The minimum absolute atomic E-state index is 0.0193. The van der Waals surface area contributed by atoms with Gasteiger partial charge in [0.2, 0.25) is 0 Å². The molecule has 0 spiro atoms. The molecule has 13 rings (SSSR count). The van der Waals surface area contributed by atoms with E-state index >= 15 is 0 Å². The van der Waals surface area contributed by atoms with E-state index in [9.17, 15) is 5.26 Å². The van der Waals surface area contributed by atoms with Gasteiger partial charge in [-0.05, 0) is 165 Å². The molecule has 0 bridgehead atoms. The van der Waals surface area contributed by atoms with Crippen LogP contribution in [-0.2, 0) is 10.8 Å². The lowest BCUT2D eigenvalue weighted by Crippen LogP contribution is -2.28. The molecule has 2 heteroatoms. The van der Waals surface area contributed by atoms with E-state index in [1.165, 1.54) is 93.5 Å². The number of hydrogen-bond donors (Lipinski definition) is 0. The van der Waals surface area contributed by atoms with Crippen LogP contribution in [0.2, 0.25) is 0 Å². The van der Waals surface area contributed by atoms with E-state index in [0.29, 0.717) is 5.56 Å². The molecule has 2 nitrogen and oxygen atoms in total. The van der Waals surface area contributed by atoms with Gasteiger partial charge in [-0.15, -0.1) is 0 Å². The third kappa shape index (κ3) is 7.71. The first-order chi connectivity index (χ1) is 37.3. The Kier molecular flexibility index (Phi) is 11.4. The molecule has 0 saturated heterocycles. The largest absolute Gasteiger partial charge is 0.310 e. The molecule has 360 valence electrons. The normalized spacial score (nSPS) is 12.7. The van der Waals surface area contributed by atoms with Gasteiger partial charge in [-0.2, -0.15) is 5.26 Å². The van der Waals surface area contributed by atoms with Crippen molar-refractivity contribution in [3.63, 3.8) is 0 Å². The fourth-order valence-corrected chi connectivity index (χ4v) is 12.3. The number of nitriles is 1. The molecular weight excluding hydrogens is 917 g/mol. The van der Waals surface area contributed by atoms with Gasteiger partial charge in [-0.1, -0.05) is 239 Å². The molecule has 1 aliphatic carbocycles. The standard InChI is InChI=1S/C74H54N2/c1-73(2,3)68-46-45-67(59-25-13-14-26-60(59)68)72-65-29-17-15-27-63(65)71(64-28-16-18-30-66(64)72)53-38-33-50(34-39-53)31-32-51-37-43-61-62-44-42-58(76(56-23-11-6-12-24-56)57-40-35-52(49-75)36-41-57)48-70(62)74(69(61)47-51,54-19-7-4-8-20-54)55-21-9-5-10-22-55/h4-48H,1-3H3/b32-31+. The molecule has 0 atom stereocenters. The second-order valence-corrected chi connectivity index (χ2v) is 21.1. The Morgan fingerprint density at radius 3 is 1.41 bits per heavy atom. The van der Waals surface area contributed by atoms with Gasteiger partial charge < -0.3 is 4.90 Å². The predicted octanol–water partition coefficient (Wildman–Crippen LogP) is 19.7. The average molecular weight is 971 g/mol. The van der Waals surface area contributed by atoms with Crippen LogP contribution in [0.15, 0.2) is 261 Å². The van der Waals surface area contributed by atoms with E-state index in [-0.39, 0.29) is 5.41 Å². The topological polar surface area (TPSA) is 27.0 Å². The molecule has 0 amide bonds. The van der Waals surface area contributed by atoms with E-state index in [1.54, 1.807) is 0 Å². The fourth-order valence-electron chi connectivity index (χ4n) is 12.3. The van der Waals surface area contributed by atoms with Crippen molar-refractivity contribution in [2.45, 2.75) is 31.6 Å². The van der Waals surface area contributed by atoms with Crippen molar-refractivity contribution in [2.24, 2.45) is 0 Å². The van der Waals surface area contributed by atoms with Gasteiger partial charge in [0.1, 0.15) is 0 Å². The zero-order valence-corrected chi connectivity index (χ0v) is 42.9. The molecule has 0 aliphatic heterocycles. The molecule has 12 aromatic rings. The zero-order chi connectivity index (χ0) is 51.4. The summed E-state index contributed by atoms with van der Waals surface area (Å²) >= 11 is 0. The van der Waals surface area contributed by atoms with Crippen molar-refractivity contribution in [3.05, 3.63) is 305 Å². The lowest BCUT2D eigenvalue weighted by Gasteiger charge is -2.35. The highest BCUT2D eigenvalue weighted by Gasteiger charge is 2.46. The lowest BCUT2D eigenvalue weighted by atomic mass is 9.67. The molecule has 12 aromatic carbocycles. The van der Waals surface area contributed by atoms with Gasteiger partial charge in [0.15, 0.2) is 0 Å². The van der Waals surface area contributed by atoms with Gasteiger partial charge in [0, 0.05) is 17.1 Å². The Morgan fingerprint density at radius 1 is 0.382 bits per heavy atom. The van der Waals surface area contributed by atoms with Crippen LogP contribution >= 0.6 is 0 Å². The van der Waals surface area contributed by atoms with E-state index in [1.807, 2.05) is 24.3 Å². The van der Waals surface area contributed by atoms with Crippen molar-refractivity contribution in [1.82, 2.24) is 0 Å². The molecule has 0 saturated carbocycles. The number of hydrogen-bond acceptors (Lipinski definition) is 2. The lowest BCUT2D eigenvalue weighted by molar-refractivity contribution is 0.596. The third-order valence-electron chi connectivity index (χ3n) is 15.7. The zero-order valence-electron chi connectivity index (χ0n) is 42.9. The molecule has 0 radical (unpaired) electrons. The quantitative estimate of drug-likeness (QED) is 0.106. The van der Waals surface area contributed by atoms with Crippen LogP contribution in [0.3, 0.4) is 0 Å². The summed E-state index contributed by atoms with van der Waals surface area (Å²) in [5.41, 5.74) is 19.0. The van der Waals surface area contributed by atoms with Crippen molar-refractivity contribution in [2.75, 3.05) is 4.90 Å². The number of anilines is 3. The van der Waals surface area contributed by atoms with Crippen molar-refractivity contribution < 1.29 is 0 Å². The Labute approximate surface area is 445 Å².